The van der Waals surface area contributed by atoms with Gasteiger partial charge in [0.25, 0.3) is 0 Å². The topological polar surface area (TPSA) is 32.3 Å². The second-order valence-corrected chi connectivity index (χ2v) is 4.02. The molecule has 2 N–H and O–H groups in total. The second kappa shape index (κ2) is 7.34. The van der Waals surface area contributed by atoms with Gasteiger partial charge in [-0.3, -0.25) is 0 Å². The summed E-state index contributed by atoms with van der Waals surface area (Å²) in [7, 11) is 0. The fourth-order valence-electron chi connectivity index (χ4n) is 1.40. The van der Waals surface area contributed by atoms with Crippen molar-refractivity contribution in [3.63, 3.8) is 0 Å². The standard InChI is InChI=1S/C11H25NO/c1-4-6-7-9-12-11(3,5-2)8-10-13/h12-13H,4-10H2,1-3H3. The Hall–Kier alpha value is -0.0800. The molecule has 1 unspecified atom stereocenters. The molecule has 0 aromatic carbocycles. The Bertz CT molecular complexity index is 117. The van der Waals surface area contributed by atoms with E-state index in [1.54, 1.807) is 0 Å². The molecular weight excluding hydrogens is 162 g/mol. The van der Waals surface area contributed by atoms with E-state index < -0.39 is 0 Å². The normalized spacial score (nSPS) is 15.7. The number of hydrogen-bond acceptors (Lipinski definition) is 2. The van der Waals surface area contributed by atoms with Crippen LogP contribution in [0.5, 0.6) is 0 Å². The molecule has 0 amide bonds. The number of aliphatic hydroxyl groups excluding tert-OH is 1. The largest absolute Gasteiger partial charge is 0.396 e. The van der Waals surface area contributed by atoms with Gasteiger partial charge in [-0.2, -0.15) is 0 Å². The van der Waals surface area contributed by atoms with Crippen molar-refractivity contribution in [3.05, 3.63) is 0 Å². The van der Waals surface area contributed by atoms with Gasteiger partial charge in [0.15, 0.2) is 0 Å². The summed E-state index contributed by atoms with van der Waals surface area (Å²) in [6.07, 6.45) is 5.75. The Labute approximate surface area is 82.7 Å². The summed E-state index contributed by atoms with van der Waals surface area (Å²) in [6.45, 7) is 7.94. The average molecular weight is 187 g/mol. The van der Waals surface area contributed by atoms with E-state index in [0.717, 1.165) is 19.4 Å². The SMILES string of the molecule is CCCCCNC(C)(CC)CCO. The molecule has 0 aliphatic rings. The molecule has 1 atom stereocenters. The fraction of sp³-hybridized carbons (Fsp3) is 1.00. The van der Waals surface area contributed by atoms with Crippen LogP contribution < -0.4 is 5.32 Å². The molecule has 0 saturated carbocycles. The molecule has 80 valence electrons. The van der Waals surface area contributed by atoms with Gasteiger partial charge < -0.3 is 10.4 Å². The second-order valence-electron chi connectivity index (χ2n) is 4.02. The van der Waals surface area contributed by atoms with Gasteiger partial charge in [-0.25, -0.2) is 0 Å². The van der Waals surface area contributed by atoms with Crippen molar-refractivity contribution in [2.75, 3.05) is 13.2 Å². The van der Waals surface area contributed by atoms with Gasteiger partial charge in [-0.1, -0.05) is 26.7 Å². The van der Waals surface area contributed by atoms with Crippen LogP contribution in [0.15, 0.2) is 0 Å². The first-order valence-corrected chi connectivity index (χ1v) is 5.54. The lowest BCUT2D eigenvalue weighted by molar-refractivity contribution is 0.215. The lowest BCUT2D eigenvalue weighted by Gasteiger charge is -2.29. The molecule has 0 rings (SSSR count). The molecule has 0 saturated heterocycles. The van der Waals surface area contributed by atoms with Gasteiger partial charge in [0.2, 0.25) is 0 Å². The van der Waals surface area contributed by atoms with Gasteiger partial charge in [0.1, 0.15) is 0 Å². The van der Waals surface area contributed by atoms with Gasteiger partial charge in [0, 0.05) is 12.1 Å². The molecule has 0 fully saturated rings. The molecule has 2 nitrogen and oxygen atoms in total. The van der Waals surface area contributed by atoms with Gasteiger partial charge >= 0.3 is 0 Å². The van der Waals surface area contributed by atoms with Crippen LogP contribution in [0.4, 0.5) is 0 Å². The highest BCUT2D eigenvalue weighted by molar-refractivity contribution is 4.80. The van der Waals surface area contributed by atoms with E-state index in [2.05, 4.69) is 26.1 Å². The monoisotopic (exact) mass is 187 g/mol. The summed E-state index contributed by atoms with van der Waals surface area (Å²) in [6, 6.07) is 0. The minimum absolute atomic E-state index is 0.141. The third-order valence-corrected chi connectivity index (χ3v) is 2.78. The van der Waals surface area contributed by atoms with E-state index in [1.807, 2.05) is 0 Å². The van der Waals surface area contributed by atoms with Crippen LogP contribution in [-0.2, 0) is 0 Å². The van der Waals surface area contributed by atoms with Gasteiger partial charge in [0.05, 0.1) is 0 Å². The maximum atomic E-state index is 8.90. The van der Waals surface area contributed by atoms with Crippen molar-refractivity contribution in [3.8, 4) is 0 Å². The maximum absolute atomic E-state index is 8.90. The van der Waals surface area contributed by atoms with Crippen molar-refractivity contribution in [2.24, 2.45) is 0 Å². The van der Waals surface area contributed by atoms with Crippen LogP contribution in [-0.4, -0.2) is 23.8 Å². The average Bonchev–Trinajstić information content (AvgIpc) is 2.13. The van der Waals surface area contributed by atoms with E-state index in [4.69, 9.17) is 5.11 Å². The predicted molar refractivity (Wildman–Crippen MR) is 57.9 cm³/mol. The van der Waals surface area contributed by atoms with E-state index in [0.29, 0.717) is 0 Å². The van der Waals surface area contributed by atoms with Crippen LogP contribution >= 0.6 is 0 Å². The van der Waals surface area contributed by atoms with Crippen molar-refractivity contribution in [1.29, 1.82) is 0 Å². The summed E-state index contributed by atoms with van der Waals surface area (Å²) in [4.78, 5) is 0. The predicted octanol–water partition coefficient (Wildman–Crippen LogP) is 2.32. The Morgan fingerprint density at radius 2 is 1.92 bits per heavy atom. The molecule has 0 aliphatic heterocycles. The van der Waals surface area contributed by atoms with Gasteiger partial charge in [-0.05, 0) is 32.7 Å². The number of hydrogen-bond donors (Lipinski definition) is 2. The third-order valence-electron chi connectivity index (χ3n) is 2.78. The number of rotatable bonds is 8. The molecule has 0 spiro atoms. The van der Waals surface area contributed by atoms with Crippen LogP contribution in [0.2, 0.25) is 0 Å². The van der Waals surface area contributed by atoms with Crippen LogP contribution in [0, 0.1) is 0 Å². The van der Waals surface area contributed by atoms with Crippen LogP contribution in [0.3, 0.4) is 0 Å². The first-order chi connectivity index (χ1) is 6.18. The number of aliphatic hydroxyl groups is 1. The number of unbranched alkanes of at least 4 members (excludes halogenated alkanes) is 2. The minimum atomic E-state index is 0.141. The summed E-state index contributed by atoms with van der Waals surface area (Å²) >= 11 is 0. The lowest BCUT2D eigenvalue weighted by atomic mass is 9.95. The molecule has 0 aromatic rings. The van der Waals surface area contributed by atoms with Crippen molar-refractivity contribution in [1.82, 2.24) is 5.32 Å². The zero-order valence-electron chi connectivity index (χ0n) is 9.40. The van der Waals surface area contributed by atoms with Crippen molar-refractivity contribution >= 4 is 0 Å². The first kappa shape index (κ1) is 12.9. The lowest BCUT2D eigenvalue weighted by Crippen LogP contribution is -2.43. The Kier molecular flexibility index (Phi) is 7.29. The summed E-state index contributed by atoms with van der Waals surface area (Å²) in [5, 5.41) is 12.4. The molecule has 0 aliphatic carbocycles. The van der Waals surface area contributed by atoms with E-state index >= 15 is 0 Å². The molecular formula is C11H25NO. The van der Waals surface area contributed by atoms with Crippen LogP contribution in [0.25, 0.3) is 0 Å². The van der Waals surface area contributed by atoms with E-state index in [9.17, 15) is 0 Å². The number of nitrogens with one attached hydrogen (secondary N) is 1. The highest BCUT2D eigenvalue weighted by Gasteiger charge is 2.19. The van der Waals surface area contributed by atoms with Crippen molar-refractivity contribution in [2.45, 2.75) is 58.4 Å². The third kappa shape index (κ3) is 6.05. The molecule has 13 heavy (non-hydrogen) atoms. The zero-order chi connectivity index (χ0) is 10.2. The molecule has 0 aromatic heterocycles. The maximum Gasteiger partial charge on any atom is 0.0448 e. The molecule has 2 heteroatoms. The first-order valence-electron chi connectivity index (χ1n) is 5.54. The molecule has 0 bridgehead atoms. The summed E-state index contributed by atoms with van der Waals surface area (Å²) in [5.41, 5.74) is 0.141. The highest BCUT2D eigenvalue weighted by atomic mass is 16.3. The Balaban J connectivity index is 3.57. The molecule has 0 heterocycles. The van der Waals surface area contributed by atoms with Gasteiger partial charge in [-0.15, -0.1) is 0 Å². The summed E-state index contributed by atoms with van der Waals surface area (Å²) < 4.78 is 0. The highest BCUT2D eigenvalue weighted by Crippen LogP contribution is 2.13. The quantitative estimate of drug-likeness (QED) is 0.572. The fourth-order valence-corrected chi connectivity index (χ4v) is 1.40. The Morgan fingerprint density at radius 3 is 2.38 bits per heavy atom. The van der Waals surface area contributed by atoms with Crippen LogP contribution in [0.1, 0.15) is 52.9 Å². The zero-order valence-corrected chi connectivity index (χ0v) is 9.40. The molecule has 0 radical (unpaired) electrons. The van der Waals surface area contributed by atoms with Crippen molar-refractivity contribution < 1.29 is 5.11 Å². The van der Waals surface area contributed by atoms with E-state index in [-0.39, 0.29) is 12.1 Å². The smallest absolute Gasteiger partial charge is 0.0448 e. The Morgan fingerprint density at radius 1 is 1.23 bits per heavy atom. The van der Waals surface area contributed by atoms with E-state index in [1.165, 1.54) is 19.3 Å². The minimum Gasteiger partial charge on any atom is -0.396 e. The summed E-state index contributed by atoms with van der Waals surface area (Å²) in [5.74, 6) is 0.